The van der Waals surface area contributed by atoms with Crippen LogP contribution in [0.15, 0.2) is 12.4 Å². The first kappa shape index (κ1) is 5.63. The Morgan fingerprint density at radius 2 is 2.67 bits per heavy atom. The zero-order chi connectivity index (χ0) is 6.69. The number of nitriles is 1. The lowest BCUT2D eigenvalue weighted by molar-refractivity contribution is 0.177. The number of hydrogen-bond donors (Lipinski definition) is 1. The fraction of sp³-hybridized carbons (Fsp3) is 0.200. The molecule has 9 heavy (non-hydrogen) atoms. The summed E-state index contributed by atoms with van der Waals surface area (Å²) in [6, 6.07) is 1.87. The van der Waals surface area contributed by atoms with Crippen molar-refractivity contribution in [2.24, 2.45) is 0 Å². The SMILES string of the molecule is N#CCc1nccn1O. The Bertz CT molecular complexity index is 235. The summed E-state index contributed by atoms with van der Waals surface area (Å²) in [6.07, 6.45) is 2.96. The molecule has 1 heterocycles. The van der Waals surface area contributed by atoms with Crippen molar-refractivity contribution in [3.8, 4) is 6.07 Å². The van der Waals surface area contributed by atoms with E-state index >= 15 is 0 Å². The summed E-state index contributed by atoms with van der Waals surface area (Å²) in [5.74, 6) is 0.373. The smallest absolute Gasteiger partial charge is 0.158 e. The van der Waals surface area contributed by atoms with Gasteiger partial charge in [-0.1, -0.05) is 0 Å². The first-order chi connectivity index (χ1) is 4.34. The van der Waals surface area contributed by atoms with Gasteiger partial charge < -0.3 is 5.21 Å². The molecular formula is C5H5N3O. The van der Waals surface area contributed by atoms with Gasteiger partial charge in [0.25, 0.3) is 0 Å². The van der Waals surface area contributed by atoms with Gasteiger partial charge in [-0.2, -0.15) is 9.99 Å². The lowest BCUT2D eigenvalue weighted by Crippen LogP contribution is -1.95. The summed E-state index contributed by atoms with van der Waals surface area (Å²) in [5.41, 5.74) is 0. The molecule has 0 fully saturated rings. The van der Waals surface area contributed by atoms with Crippen molar-refractivity contribution in [3.63, 3.8) is 0 Å². The second-order valence-corrected chi connectivity index (χ2v) is 1.52. The average Bonchev–Trinajstić information content (AvgIpc) is 2.18. The van der Waals surface area contributed by atoms with Gasteiger partial charge in [0.05, 0.1) is 18.7 Å². The summed E-state index contributed by atoms with van der Waals surface area (Å²) >= 11 is 0. The Labute approximate surface area is 51.9 Å². The molecule has 0 bridgehead atoms. The molecule has 0 saturated carbocycles. The third kappa shape index (κ3) is 0.995. The molecule has 0 aliphatic heterocycles. The van der Waals surface area contributed by atoms with Crippen LogP contribution < -0.4 is 0 Å². The number of rotatable bonds is 1. The number of nitrogens with zero attached hydrogens (tertiary/aromatic N) is 3. The normalized spacial score (nSPS) is 8.78. The Balaban J connectivity index is 2.84. The van der Waals surface area contributed by atoms with Crippen LogP contribution >= 0.6 is 0 Å². The first-order valence-corrected chi connectivity index (χ1v) is 2.43. The van der Waals surface area contributed by atoms with Crippen molar-refractivity contribution >= 4 is 0 Å². The fourth-order valence-corrected chi connectivity index (χ4v) is 0.525. The third-order valence-corrected chi connectivity index (χ3v) is 0.933. The second kappa shape index (κ2) is 2.18. The van der Waals surface area contributed by atoms with Crippen molar-refractivity contribution < 1.29 is 5.21 Å². The summed E-state index contributed by atoms with van der Waals surface area (Å²) in [5, 5.41) is 16.9. The second-order valence-electron chi connectivity index (χ2n) is 1.52. The van der Waals surface area contributed by atoms with Gasteiger partial charge in [-0.3, -0.25) is 0 Å². The van der Waals surface area contributed by atoms with Crippen molar-refractivity contribution in [1.82, 2.24) is 9.71 Å². The van der Waals surface area contributed by atoms with Gasteiger partial charge in [0.1, 0.15) is 0 Å². The molecule has 0 spiro atoms. The molecule has 0 amide bonds. The Morgan fingerprint density at radius 1 is 1.89 bits per heavy atom. The van der Waals surface area contributed by atoms with Crippen LogP contribution in [0.2, 0.25) is 0 Å². The van der Waals surface area contributed by atoms with Crippen molar-refractivity contribution in [2.45, 2.75) is 6.42 Å². The monoisotopic (exact) mass is 123 g/mol. The highest BCUT2D eigenvalue weighted by Crippen LogP contribution is 1.92. The van der Waals surface area contributed by atoms with E-state index in [0.29, 0.717) is 5.82 Å². The molecule has 1 aromatic heterocycles. The molecule has 4 heteroatoms. The summed E-state index contributed by atoms with van der Waals surface area (Å²) < 4.78 is 0.837. The maximum absolute atomic E-state index is 8.78. The molecule has 1 rings (SSSR count). The largest absolute Gasteiger partial charge is 0.427 e. The maximum Gasteiger partial charge on any atom is 0.158 e. The summed E-state index contributed by atoms with van der Waals surface area (Å²) in [4.78, 5) is 3.70. The van der Waals surface area contributed by atoms with Crippen LogP contribution in [0.4, 0.5) is 0 Å². The lowest BCUT2D eigenvalue weighted by Gasteiger charge is -1.90. The predicted octanol–water partition coefficient (Wildman–Crippen LogP) is 0.186. The van der Waals surface area contributed by atoms with Crippen LogP contribution in [-0.4, -0.2) is 14.9 Å². The molecule has 0 saturated heterocycles. The molecule has 0 aliphatic carbocycles. The molecule has 0 unspecified atom stereocenters. The van der Waals surface area contributed by atoms with Gasteiger partial charge in [0, 0.05) is 6.20 Å². The number of imidazole rings is 1. The minimum absolute atomic E-state index is 0.142. The zero-order valence-electron chi connectivity index (χ0n) is 4.65. The highest BCUT2D eigenvalue weighted by Gasteiger charge is 1.96. The molecule has 1 aromatic rings. The van der Waals surface area contributed by atoms with E-state index < -0.39 is 0 Å². The highest BCUT2D eigenvalue weighted by atomic mass is 16.5. The van der Waals surface area contributed by atoms with Crippen molar-refractivity contribution in [2.75, 3.05) is 0 Å². The summed E-state index contributed by atoms with van der Waals surface area (Å²) in [7, 11) is 0. The topological polar surface area (TPSA) is 61.8 Å². The maximum atomic E-state index is 8.78. The van der Waals surface area contributed by atoms with Gasteiger partial charge in [0.15, 0.2) is 5.82 Å². The van der Waals surface area contributed by atoms with Crippen LogP contribution in [0.5, 0.6) is 0 Å². The van der Waals surface area contributed by atoms with Crippen molar-refractivity contribution in [1.29, 1.82) is 5.26 Å². The molecule has 46 valence electrons. The number of aromatic nitrogens is 2. The van der Waals surface area contributed by atoms with Crippen molar-refractivity contribution in [3.05, 3.63) is 18.2 Å². The van der Waals surface area contributed by atoms with E-state index in [1.165, 1.54) is 12.4 Å². The van der Waals surface area contributed by atoms with E-state index in [0.717, 1.165) is 4.73 Å². The Kier molecular flexibility index (Phi) is 1.36. The number of hydrogen-bond acceptors (Lipinski definition) is 3. The first-order valence-electron chi connectivity index (χ1n) is 2.43. The fourth-order valence-electron chi connectivity index (χ4n) is 0.525. The predicted molar refractivity (Wildman–Crippen MR) is 28.7 cm³/mol. The quantitative estimate of drug-likeness (QED) is 0.542. The van der Waals surface area contributed by atoms with E-state index in [2.05, 4.69) is 4.98 Å². The molecule has 4 nitrogen and oxygen atoms in total. The van der Waals surface area contributed by atoms with Crippen LogP contribution in [0.1, 0.15) is 5.82 Å². The molecular weight excluding hydrogens is 118 g/mol. The van der Waals surface area contributed by atoms with E-state index in [1.54, 1.807) is 0 Å². The van der Waals surface area contributed by atoms with Crippen LogP contribution in [-0.2, 0) is 6.42 Å². The van der Waals surface area contributed by atoms with Gasteiger partial charge in [-0.15, -0.1) is 0 Å². The van der Waals surface area contributed by atoms with Gasteiger partial charge >= 0.3 is 0 Å². The minimum Gasteiger partial charge on any atom is -0.427 e. The van der Waals surface area contributed by atoms with Crippen LogP contribution in [0, 0.1) is 11.3 Å². The van der Waals surface area contributed by atoms with E-state index in [9.17, 15) is 0 Å². The molecule has 0 radical (unpaired) electrons. The minimum atomic E-state index is 0.142. The third-order valence-electron chi connectivity index (χ3n) is 0.933. The van der Waals surface area contributed by atoms with E-state index in [4.69, 9.17) is 10.5 Å². The average molecular weight is 123 g/mol. The molecule has 0 aromatic carbocycles. The molecule has 1 N–H and O–H groups in total. The van der Waals surface area contributed by atoms with Crippen LogP contribution in [0.25, 0.3) is 0 Å². The van der Waals surface area contributed by atoms with Gasteiger partial charge in [-0.05, 0) is 0 Å². The highest BCUT2D eigenvalue weighted by molar-refractivity contribution is 4.96. The van der Waals surface area contributed by atoms with E-state index in [-0.39, 0.29) is 6.42 Å². The van der Waals surface area contributed by atoms with E-state index in [1.807, 2.05) is 6.07 Å². The molecule has 0 atom stereocenters. The zero-order valence-corrected chi connectivity index (χ0v) is 4.65. The summed E-state index contributed by atoms with van der Waals surface area (Å²) in [6.45, 7) is 0. The van der Waals surface area contributed by atoms with Gasteiger partial charge in [0.2, 0.25) is 0 Å². The standard InChI is InChI=1S/C5H5N3O/c6-2-1-5-7-3-4-8(5)9/h3-4,9H,1H2. The van der Waals surface area contributed by atoms with Crippen LogP contribution in [0.3, 0.4) is 0 Å². The molecule has 0 aliphatic rings. The Morgan fingerprint density at radius 3 is 3.11 bits per heavy atom. The lowest BCUT2D eigenvalue weighted by atomic mass is 10.5. The Hall–Kier alpha value is -1.50. The van der Waals surface area contributed by atoms with Gasteiger partial charge in [-0.25, -0.2) is 4.98 Å².